The molecule has 0 saturated heterocycles. The minimum absolute atomic E-state index is 0.164. The Morgan fingerprint density at radius 1 is 1.19 bits per heavy atom. The molecular weight excluding hydrogens is 357 g/mol. The fourth-order valence-corrected chi connectivity index (χ4v) is 2.55. The Hall–Kier alpha value is -3.29. The summed E-state index contributed by atoms with van der Waals surface area (Å²) in [7, 11) is 1.39. The smallest absolute Gasteiger partial charge is 0.341 e. The van der Waals surface area contributed by atoms with E-state index in [0.29, 0.717) is 11.5 Å². The third-order valence-corrected chi connectivity index (χ3v) is 4.00. The Kier molecular flexibility index (Phi) is 5.44. The first kappa shape index (κ1) is 18.5. The van der Waals surface area contributed by atoms with Crippen molar-refractivity contribution in [1.29, 1.82) is 0 Å². The van der Waals surface area contributed by atoms with Crippen molar-refractivity contribution in [2.24, 2.45) is 0 Å². The van der Waals surface area contributed by atoms with Crippen molar-refractivity contribution in [2.75, 3.05) is 20.5 Å². The fourth-order valence-electron chi connectivity index (χ4n) is 2.55. The van der Waals surface area contributed by atoms with Crippen LogP contribution in [0.5, 0.6) is 17.2 Å². The zero-order valence-electron chi connectivity index (χ0n) is 14.8. The lowest BCUT2D eigenvalue weighted by molar-refractivity contribution is -0.124. The number of ether oxygens (including phenoxy) is 4. The molecule has 0 aromatic heterocycles. The predicted molar refractivity (Wildman–Crippen MR) is 92.4 cm³/mol. The van der Waals surface area contributed by atoms with Crippen LogP contribution in [0.25, 0.3) is 0 Å². The topological polar surface area (TPSA) is 83.1 Å². The van der Waals surface area contributed by atoms with Crippen LogP contribution in [-0.4, -0.2) is 32.4 Å². The van der Waals surface area contributed by atoms with Gasteiger partial charge in [-0.05, 0) is 36.8 Å². The highest BCUT2D eigenvalue weighted by atomic mass is 19.1. The van der Waals surface area contributed by atoms with Crippen LogP contribution >= 0.6 is 0 Å². The Morgan fingerprint density at radius 2 is 1.96 bits per heavy atom. The fraction of sp³-hybridized carbons (Fsp3) is 0.263. The van der Waals surface area contributed by atoms with Gasteiger partial charge in [-0.2, -0.15) is 0 Å². The van der Waals surface area contributed by atoms with Crippen molar-refractivity contribution in [3.8, 4) is 17.2 Å². The Labute approximate surface area is 155 Å². The van der Waals surface area contributed by atoms with E-state index in [-0.39, 0.29) is 24.1 Å². The van der Waals surface area contributed by atoms with Crippen molar-refractivity contribution in [3.05, 3.63) is 53.3 Å². The Bertz CT molecular complexity index is 869. The van der Waals surface area contributed by atoms with E-state index in [1.54, 1.807) is 25.1 Å². The van der Waals surface area contributed by atoms with Crippen LogP contribution in [0.2, 0.25) is 0 Å². The van der Waals surface area contributed by atoms with E-state index in [4.69, 9.17) is 18.9 Å². The second-order valence-electron chi connectivity index (χ2n) is 5.82. The van der Waals surface area contributed by atoms with Gasteiger partial charge in [0.05, 0.1) is 18.7 Å². The molecule has 142 valence electrons. The monoisotopic (exact) mass is 375 g/mol. The number of halogens is 1. The molecule has 8 heteroatoms. The molecule has 1 N–H and O–H groups in total. The molecule has 1 atom stereocenters. The number of amides is 1. The molecule has 0 unspecified atom stereocenters. The van der Waals surface area contributed by atoms with Gasteiger partial charge in [-0.15, -0.1) is 0 Å². The molecular formula is C19H18FNO6. The number of rotatable bonds is 6. The third-order valence-electron chi connectivity index (χ3n) is 4.00. The quantitative estimate of drug-likeness (QED) is 0.782. The summed E-state index contributed by atoms with van der Waals surface area (Å²) in [5.41, 5.74) is 0.535. The van der Waals surface area contributed by atoms with Gasteiger partial charge in [0.15, 0.2) is 18.1 Å². The van der Waals surface area contributed by atoms with Crippen LogP contribution < -0.4 is 19.5 Å². The lowest BCUT2D eigenvalue weighted by atomic mass is 10.1. The van der Waals surface area contributed by atoms with Crippen LogP contribution in [0, 0.1) is 5.82 Å². The van der Waals surface area contributed by atoms with Gasteiger partial charge >= 0.3 is 5.97 Å². The second kappa shape index (κ2) is 7.94. The van der Waals surface area contributed by atoms with Gasteiger partial charge in [-0.25, -0.2) is 9.18 Å². The van der Waals surface area contributed by atoms with Crippen molar-refractivity contribution in [3.63, 3.8) is 0 Å². The molecule has 1 aliphatic heterocycles. The van der Waals surface area contributed by atoms with E-state index in [1.165, 1.54) is 19.2 Å². The molecule has 3 rings (SSSR count). The number of carbonyl (C=O) groups is 2. The van der Waals surface area contributed by atoms with Gasteiger partial charge < -0.3 is 24.3 Å². The second-order valence-corrected chi connectivity index (χ2v) is 5.82. The molecule has 0 fully saturated rings. The predicted octanol–water partition coefficient (Wildman–Crippen LogP) is 2.60. The maximum absolute atomic E-state index is 13.8. The summed E-state index contributed by atoms with van der Waals surface area (Å²) in [6.45, 7) is 1.41. The van der Waals surface area contributed by atoms with Crippen LogP contribution in [0.15, 0.2) is 36.4 Å². The van der Waals surface area contributed by atoms with Gasteiger partial charge in [-0.1, -0.05) is 6.07 Å². The highest BCUT2D eigenvalue weighted by Gasteiger charge is 2.19. The minimum atomic E-state index is -0.930. The first-order chi connectivity index (χ1) is 13.0. The summed E-state index contributed by atoms with van der Waals surface area (Å²) < 4.78 is 34.1. The van der Waals surface area contributed by atoms with Crippen molar-refractivity contribution < 1.29 is 32.9 Å². The molecule has 1 aliphatic rings. The summed E-state index contributed by atoms with van der Waals surface area (Å²) in [5.74, 6) is -0.695. The average molecular weight is 375 g/mol. The standard InChI is InChI=1S/C19H18FNO6/c1-11(12-3-6-16-17(7-12)27-10-26-16)21-18(22)9-25-19(23)14-5-4-13(24-2)8-15(14)20/h3-8,11H,9-10H2,1-2H3,(H,21,22)/t11-/m0/s1. The van der Waals surface area contributed by atoms with Crippen LogP contribution in [0.3, 0.4) is 0 Å². The largest absolute Gasteiger partial charge is 0.497 e. The van der Waals surface area contributed by atoms with E-state index in [2.05, 4.69) is 5.32 Å². The van der Waals surface area contributed by atoms with Gasteiger partial charge in [-0.3, -0.25) is 4.79 Å². The number of benzene rings is 2. The Morgan fingerprint density at radius 3 is 2.70 bits per heavy atom. The number of fused-ring (bicyclic) bond motifs is 1. The third kappa shape index (κ3) is 4.28. The lowest BCUT2D eigenvalue weighted by Gasteiger charge is -2.15. The molecule has 1 amide bonds. The van der Waals surface area contributed by atoms with E-state index in [9.17, 15) is 14.0 Å². The lowest BCUT2D eigenvalue weighted by Crippen LogP contribution is -2.31. The number of nitrogens with one attached hydrogen (secondary N) is 1. The molecule has 27 heavy (non-hydrogen) atoms. The normalized spacial score (nSPS) is 13.0. The summed E-state index contributed by atoms with van der Waals surface area (Å²) in [4.78, 5) is 24.0. The maximum Gasteiger partial charge on any atom is 0.341 e. The van der Waals surface area contributed by atoms with Gasteiger partial charge in [0.2, 0.25) is 6.79 Å². The highest BCUT2D eigenvalue weighted by molar-refractivity contribution is 5.91. The summed E-state index contributed by atoms with van der Waals surface area (Å²) in [5, 5.41) is 2.70. The minimum Gasteiger partial charge on any atom is -0.497 e. The number of carbonyl (C=O) groups excluding carboxylic acids is 2. The maximum atomic E-state index is 13.8. The molecule has 7 nitrogen and oxygen atoms in total. The van der Waals surface area contributed by atoms with Gasteiger partial charge in [0.25, 0.3) is 5.91 Å². The summed E-state index contributed by atoms with van der Waals surface area (Å²) in [6, 6.07) is 8.72. The van der Waals surface area contributed by atoms with Gasteiger partial charge in [0, 0.05) is 6.07 Å². The number of hydrogen-bond donors (Lipinski definition) is 1. The highest BCUT2D eigenvalue weighted by Crippen LogP contribution is 2.34. The average Bonchev–Trinajstić information content (AvgIpc) is 3.13. The molecule has 0 bridgehead atoms. The zero-order chi connectivity index (χ0) is 19.4. The molecule has 2 aromatic carbocycles. The van der Waals surface area contributed by atoms with E-state index in [1.807, 2.05) is 0 Å². The van der Waals surface area contributed by atoms with Crippen LogP contribution in [0.4, 0.5) is 4.39 Å². The SMILES string of the molecule is COc1ccc(C(=O)OCC(=O)N[C@@H](C)c2ccc3c(c2)OCO3)c(F)c1. The van der Waals surface area contributed by atoms with Crippen molar-refractivity contribution >= 4 is 11.9 Å². The first-order valence-electron chi connectivity index (χ1n) is 8.17. The molecule has 2 aromatic rings. The Balaban J connectivity index is 1.54. The molecule has 0 aliphatic carbocycles. The van der Waals surface area contributed by atoms with Crippen molar-refractivity contribution in [1.82, 2.24) is 5.32 Å². The molecule has 0 spiro atoms. The van der Waals surface area contributed by atoms with E-state index < -0.39 is 24.3 Å². The van der Waals surface area contributed by atoms with Crippen LogP contribution in [-0.2, 0) is 9.53 Å². The van der Waals surface area contributed by atoms with Crippen molar-refractivity contribution in [2.45, 2.75) is 13.0 Å². The molecule has 0 saturated carbocycles. The summed E-state index contributed by atoms with van der Waals surface area (Å²) in [6.07, 6.45) is 0. The van der Waals surface area contributed by atoms with E-state index >= 15 is 0 Å². The molecule has 1 heterocycles. The first-order valence-corrected chi connectivity index (χ1v) is 8.17. The number of hydrogen-bond acceptors (Lipinski definition) is 6. The molecule has 0 radical (unpaired) electrons. The van der Waals surface area contributed by atoms with E-state index in [0.717, 1.165) is 11.6 Å². The zero-order valence-corrected chi connectivity index (χ0v) is 14.8. The number of esters is 1. The van der Waals surface area contributed by atoms with Gasteiger partial charge in [0.1, 0.15) is 11.6 Å². The van der Waals surface area contributed by atoms with Crippen LogP contribution in [0.1, 0.15) is 28.9 Å². The summed E-state index contributed by atoms with van der Waals surface area (Å²) >= 11 is 0. The number of methoxy groups -OCH3 is 1.